The third kappa shape index (κ3) is 2.69. The van der Waals surface area contributed by atoms with E-state index < -0.39 is 0 Å². The number of nitrogens with zero attached hydrogens (tertiary/aromatic N) is 3. The first-order valence-corrected chi connectivity index (χ1v) is 6.37. The summed E-state index contributed by atoms with van der Waals surface area (Å²) in [6.07, 6.45) is 0.962. The van der Waals surface area contributed by atoms with E-state index in [2.05, 4.69) is 16.3 Å². The molecule has 0 aliphatic carbocycles. The van der Waals surface area contributed by atoms with Crippen molar-refractivity contribution >= 4 is 17.3 Å². The summed E-state index contributed by atoms with van der Waals surface area (Å²) in [6, 6.07) is 7.60. The number of likely N-dealkylation sites (N-methyl/N-ethyl adjacent to an activating group) is 1. The van der Waals surface area contributed by atoms with Crippen LogP contribution in [0.2, 0.25) is 0 Å². The molecule has 1 amide bonds. The average molecular weight is 258 g/mol. The second kappa shape index (κ2) is 5.72. The van der Waals surface area contributed by atoms with Gasteiger partial charge in [-0.1, -0.05) is 0 Å². The molecule has 0 fully saturated rings. The topological polar surface area (TPSA) is 59.4 Å². The van der Waals surface area contributed by atoms with E-state index >= 15 is 0 Å². The van der Waals surface area contributed by atoms with Crippen molar-refractivity contribution in [2.75, 3.05) is 43.5 Å². The van der Waals surface area contributed by atoms with Gasteiger partial charge in [-0.25, -0.2) is 0 Å². The first kappa shape index (κ1) is 13.4. The SMILES string of the molecule is CNCCCN1CC(=O)N(C)c2ccc(C#N)cc21. The van der Waals surface area contributed by atoms with Gasteiger partial charge in [-0.2, -0.15) is 5.26 Å². The van der Waals surface area contributed by atoms with Crippen LogP contribution in [-0.2, 0) is 4.79 Å². The van der Waals surface area contributed by atoms with Gasteiger partial charge >= 0.3 is 0 Å². The smallest absolute Gasteiger partial charge is 0.246 e. The van der Waals surface area contributed by atoms with Crippen molar-refractivity contribution in [2.45, 2.75) is 6.42 Å². The van der Waals surface area contributed by atoms with Crippen LogP contribution in [0.15, 0.2) is 18.2 Å². The number of carbonyl (C=O) groups excluding carboxylic acids is 1. The van der Waals surface area contributed by atoms with Crippen molar-refractivity contribution < 1.29 is 4.79 Å². The molecule has 1 aromatic rings. The summed E-state index contributed by atoms with van der Waals surface area (Å²) in [5, 5.41) is 12.1. The van der Waals surface area contributed by atoms with E-state index in [1.807, 2.05) is 19.2 Å². The Hall–Kier alpha value is -2.06. The number of amides is 1. The summed E-state index contributed by atoms with van der Waals surface area (Å²) < 4.78 is 0. The Kier molecular flexibility index (Phi) is 4.03. The Morgan fingerprint density at radius 2 is 2.21 bits per heavy atom. The van der Waals surface area contributed by atoms with Gasteiger partial charge in [-0.15, -0.1) is 0 Å². The van der Waals surface area contributed by atoms with Crippen molar-refractivity contribution in [1.82, 2.24) is 5.32 Å². The number of hydrogen-bond acceptors (Lipinski definition) is 4. The van der Waals surface area contributed by atoms with Crippen LogP contribution in [0.3, 0.4) is 0 Å². The largest absolute Gasteiger partial charge is 0.360 e. The van der Waals surface area contributed by atoms with E-state index in [1.165, 1.54) is 0 Å². The molecule has 1 aliphatic rings. The number of carbonyl (C=O) groups is 1. The van der Waals surface area contributed by atoms with Crippen molar-refractivity contribution in [3.8, 4) is 6.07 Å². The number of rotatable bonds is 4. The predicted octanol–water partition coefficient (Wildman–Crippen LogP) is 0.951. The molecule has 1 N–H and O–H groups in total. The van der Waals surface area contributed by atoms with E-state index in [1.54, 1.807) is 18.0 Å². The minimum atomic E-state index is 0.0849. The van der Waals surface area contributed by atoms with E-state index in [9.17, 15) is 4.79 Å². The maximum Gasteiger partial charge on any atom is 0.246 e. The molecule has 0 aromatic heterocycles. The van der Waals surface area contributed by atoms with Crippen LogP contribution >= 0.6 is 0 Å². The second-order valence-electron chi connectivity index (χ2n) is 4.65. The highest BCUT2D eigenvalue weighted by molar-refractivity contribution is 6.02. The number of nitrogens with one attached hydrogen (secondary N) is 1. The molecule has 0 bridgehead atoms. The maximum atomic E-state index is 12.0. The first-order chi connectivity index (χ1) is 9.17. The first-order valence-electron chi connectivity index (χ1n) is 6.37. The minimum Gasteiger partial charge on any atom is -0.360 e. The summed E-state index contributed by atoms with van der Waals surface area (Å²) >= 11 is 0. The molecule has 0 unspecified atom stereocenters. The van der Waals surface area contributed by atoms with Crippen molar-refractivity contribution in [3.05, 3.63) is 23.8 Å². The van der Waals surface area contributed by atoms with Gasteiger partial charge in [0.05, 0.1) is 29.6 Å². The van der Waals surface area contributed by atoms with Crippen LogP contribution in [0, 0.1) is 11.3 Å². The van der Waals surface area contributed by atoms with Gasteiger partial charge in [0.1, 0.15) is 0 Å². The van der Waals surface area contributed by atoms with Crippen LogP contribution in [0.5, 0.6) is 0 Å². The van der Waals surface area contributed by atoms with E-state index in [0.29, 0.717) is 12.1 Å². The van der Waals surface area contributed by atoms with Gasteiger partial charge in [-0.3, -0.25) is 4.79 Å². The van der Waals surface area contributed by atoms with E-state index in [0.717, 1.165) is 30.9 Å². The van der Waals surface area contributed by atoms with Crippen LogP contribution in [0.4, 0.5) is 11.4 Å². The fraction of sp³-hybridized carbons (Fsp3) is 0.429. The Morgan fingerprint density at radius 3 is 2.89 bits per heavy atom. The van der Waals surface area contributed by atoms with Gasteiger partial charge in [0.15, 0.2) is 0 Å². The molecule has 0 saturated carbocycles. The van der Waals surface area contributed by atoms with Crippen molar-refractivity contribution in [2.24, 2.45) is 0 Å². The standard InChI is InChI=1S/C14H18N4O/c1-16-6-3-7-18-10-14(19)17(2)12-5-4-11(9-15)8-13(12)18/h4-5,8,16H,3,6-7,10H2,1-2H3. The normalized spacial score (nSPS) is 14.3. The maximum absolute atomic E-state index is 12.0. The van der Waals surface area contributed by atoms with Crippen LogP contribution in [0.25, 0.3) is 0 Å². The summed E-state index contributed by atoms with van der Waals surface area (Å²) in [7, 11) is 3.69. The van der Waals surface area contributed by atoms with Crippen molar-refractivity contribution in [1.29, 1.82) is 5.26 Å². The lowest BCUT2D eigenvalue weighted by atomic mass is 10.1. The average Bonchev–Trinajstić information content (AvgIpc) is 2.44. The zero-order chi connectivity index (χ0) is 13.8. The molecular weight excluding hydrogens is 240 g/mol. The molecule has 5 heteroatoms. The fourth-order valence-corrected chi connectivity index (χ4v) is 2.26. The number of fused-ring (bicyclic) bond motifs is 1. The van der Waals surface area contributed by atoms with Crippen LogP contribution < -0.4 is 15.1 Å². The molecule has 1 heterocycles. The minimum absolute atomic E-state index is 0.0849. The molecule has 0 radical (unpaired) electrons. The lowest BCUT2D eigenvalue weighted by Crippen LogP contribution is -2.44. The van der Waals surface area contributed by atoms with Gasteiger partial charge in [0.25, 0.3) is 0 Å². The molecule has 19 heavy (non-hydrogen) atoms. The summed E-state index contributed by atoms with van der Waals surface area (Å²) in [5.74, 6) is 0.0849. The number of nitriles is 1. The molecule has 2 rings (SSSR count). The third-order valence-corrected chi connectivity index (χ3v) is 3.36. The molecule has 0 atom stereocenters. The van der Waals surface area contributed by atoms with Crippen LogP contribution in [-0.4, -0.2) is 39.6 Å². The van der Waals surface area contributed by atoms with E-state index in [-0.39, 0.29) is 5.91 Å². The highest BCUT2D eigenvalue weighted by Gasteiger charge is 2.26. The van der Waals surface area contributed by atoms with Gasteiger partial charge in [0.2, 0.25) is 5.91 Å². The zero-order valence-electron chi connectivity index (χ0n) is 11.3. The van der Waals surface area contributed by atoms with E-state index in [4.69, 9.17) is 5.26 Å². The summed E-state index contributed by atoms with van der Waals surface area (Å²) in [4.78, 5) is 15.7. The lowest BCUT2D eigenvalue weighted by molar-refractivity contribution is -0.117. The predicted molar refractivity (Wildman–Crippen MR) is 75.3 cm³/mol. The van der Waals surface area contributed by atoms with Gasteiger partial charge in [-0.05, 0) is 38.2 Å². The number of hydrogen-bond donors (Lipinski definition) is 1. The molecule has 5 nitrogen and oxygen atoms in total. The zero-order valence-corrected chi connectivity index (χ0v) is 11.3. The Labute approximate surface area is 113 Å². The highest BCUT2D eigenvalue weighted by Crippen LogP contribution is 2.33. The Bertz CT molecular complexity index is 521. The quantitative estimate of drug-likeness (QED) is 0.817. The van der Waals surface area contributed by atoms with Crippen LogP contribution in [0.1, 0.15) is 12.0 Å². The monoisotopic (exact) mass is 258 g/mol. The lowest BCUT2D eigenvalue weighted by Gasteiger charge is -2.35. The molecule has 1 aromatic carbocycles. The summed E-state index contributed by atoms with van der Waals surface area (Å²) in [6.45, 7) is 2.10. The van der Waals surface area contributed by atoms with Gasteiger partial charge < -0.3 is 15.1 Å². The molecule has 0 spiro atoms. The Balaban J connectivity index is 2.30. The Morgan fingerprint density at radius 1 is 1.42 bits per heavy atom. The molecule has 100 valence electrons. The molecule has 0 saturated heterocycles. The highest BCUT2D eigenvalue weighted by atomic mass is 16.2. The fourth-order valence-electron chi connectivity index (χ4n) is 2.26. The number of anilines is 2. The second-order valence-corrected chi connectivity index (χ2v) is 4.65. The summed E-state index contributed by atoms with van der Waals surface area (Å²) in [5.41, 5.74) is 2.47. The number of benzene rings is 1. The molecular formula is C14H18N4O. The molecule has 1 aliphatic heterocycles. The third-order valence-electron chi connectivity index (χ3n) is 3.36. The van der Waals surface area contributed by atoms with Crippen molar-refractivity contribution in [3.63, 3.8) is 0 Å². The van der Waals surface area contributed by atoms with Gasteiger partial charge in [0, 0.05) is 13.6 Å².